The van der Waals surface area contributed by atoms with E-state index >= 15 is 0 Å². The largest absolute Gasteiger partial charge is 0.481 e. The molecule has 2 N–H and O–H groups in total. The number of fused-ring (bicyclic) bond motifs is 3. The SMILES string of the molecule is Cc1nc2c(c(=O)n1CCOC1CCC(Cl)CC1C1CC(C)NC3C(C(=O)O)CSC13)C[C@@H](N1CCCC[C@@H]1C1CCCC(F)C1)CC21CC1. The number of piperidine rings is 2. The molecule has 4 heterocycles. The summed E-state index contributed by atoms with van der Waals surface area (Å²) >= 11 is 8.62. The second-order valence-corrected chi connectivity index (χ2v) is 19.2. The summed E-state index contributed by atoms with van der Waals surface area (Å²) in [6, 6.07) is 0.996. The van der Waals surface area contributed by atoms with Crippen LogP contribution in [0.5, 0.6) is 0 Å². The number of carboxylic acid groups (broad SMARTS) is 1. The predicted octanol–water partition coefficient (Wildman–Crippen LogP) is 6.26. The van der Waals surface area contributed by atoms with Crippen molar-refractivity contribution >= 4 is 29.3 Å². The molecule has 0 amide bonds. The average Bonchev–Trinajstić information content (AvgIpc) is 3.73. The van der Waals surface area contributed by atoms with E-state index in [1.165, 1.54) is 12.8 Å². The van der Waals surface area contributed by atoms with Crippen molar-refractivity contribution in [2.24, 2.45) is 23.7 Å². The van der Waals surface area contributed by atoms with E-state index in [4.69, 9.17) is 21.3 Å². The lowest BCUT2D eigenvalue weighted by Crippen LogP contribution is -2.57. The van der Waals surface area contributed by atoms with Crippen molar-refractivity contribution in [2.45, 2.75) is 169 Å². The molecule has 0 aromatic carbocycles. The van der Waals surface area contributed by atoms with Gasteiger partial charge in [-0.2, -0.15) is 11.8 Å². The number of likely N-dealkylation sites (tertiary alicyclic amines) is 1. The molecule has 12 atom stereocenters. The summed E-state index contributed by atoms with van der Waals surface area (Å²) in [5.41, 5.74) is 2.12. The lowest BCUT2D eigenvalue weighted by Gasteiger charge is -2.48. The zero-order valence-electron chi connectivity index (χ0n) is 30.0. The maximum Gasteiger partial charge on any atom is 0.308 e. The van der Waals surface area contributed by atoms with E-state index in [0.717, 1.165) is 101 Å². The standard InChI is InChI=1S/C39H58ClFN4O4S/c1-22-16-29(35-34(42-22)31(21-50-35)38(47)48)28-18-25(40)9-10-33(28)49-15-14-44-23(2)43-36-30(37(44)46)19-27(20-39(36)11-12-39)45-13-4-3-8-32(45)24-6-5-7-26(41)17-24/h22,24-29,31-35,42H,3-21H2,1-2H3,(H,47,48)/t22?,24?,25?,26?,27-,28?,29?,31?,32-,33?,34?,35?/m1/s1. The number of rotatable bonds is 8. The van der Waals surface area contributed by atoms with E-state index in [-0.39, 0.29) is 51.6 Å². The Labute approximate surface area is 306 Å². The number of alkyl halides is 2. The van der Waals surface area contributed by atoms with Gasteiger partial charge >= 0.3 is 5.97 Å². The quantitative estimate of drug-likeness (QED) is 0.303. The normalized spacial score (nSPS) is 41.4. The number of aromatic nitrogens is 2. The second-order valence-electron chi connectivity index (χ2n) is 17.3. The topological polar surface area (TPSA) is 96.7 Å². The first kappa shape index (κ1) is 35.8. The van der Waals surface area contributed by atoms with Gasteiger partial charge in [0.1, 0.15) is 12.0 Å². The lowest BCUT2D eigenvalue weighted by atomic mass is 9.70. The van der Waals surface area contributed by atoms with Crippen molar-refractivity contribution < 1.29 is 19.0 Å². The number of hydrogen-bond acceptors (Lipinski definition) is 7. The Bertz CT molecular complexity index is 1480. The highest BCUT2D eigenvalue weighted by atomic mass is 35.5. The van der Waals surface area contributed by atoms with Crippen molar-refractivity contribution in [1.29, 1.82) is 0 Å². The Morgan fingerprint density at radius 2 is 1.96 bits per heavy atom. The van der Waals surface area contributed by atoms with Crippen LogP contribution in [0.1, 0.15) is 114 Å². The van der Waals surface area contributed by atoms with Gasteiger partial charge in [-0.25, -0.2) is 9.37 Å². The van der Waals surface area contributed by atoms with Gasteiger partial charge in [-0.05, 0) is 122 Å². The zero-order valence-corrected chi connectivity index (χ0v) is 31.6. The molecule has 3 saturated carbocycles. The molecule has 3 aliphatic heterocycles. The molecule has 8 nitrogen and oxygen atoms in total. The summed E-state index contributed by atoms with van der Waals surface area (Å²) in [5, 5.41) is 13.9. The van der Waals surface area contributed by atoms with Crippen molar-refractivity contribution in [3.05, 3.63) is 27.4 Å². The van der Waals surface area contributed by atoms with Gasteiger partial charge in [0.05, 0.1) is 30.9 Å². The molecule has 278 valence electrons. The monoisotopic (exact) mass is 732 g/mol. The molecule has 6 fully saturated rings. The third-order valence-electron chi connectivity index (χ3n) is 14.2. The van der Waals surface area contributed by atoms with Crippen molar-refractivity contribution in [3.8, 4) is 0 Å². The van der Waals surface area contributed by atoms with Crippen LogP contribution in [0.4, 0.5) is 4.39 Å². The van der Waals surface area contributed by atoms with E-state index in [1.807, 2.05) is 23.3 Å². The number of carbonyl (C=O) groups is 1. The van der Waals surface area contributed by atoms with Crippen molar-refractivity contribution in [3.63, 3.8) is 0 Å². The fourth-order valence-corrected chi connectivity index (χ4v) is 13.8. The first-order chi connectivity index (χ1) is 24.1. The maximum absolute atomic E-state index is 14.6. The van der Waals surface area contributed by atoms with Crippen LogP contribution in [-0.4, -0.2) is 91.5 Å². The highest BCUT2D eigenvalue weighted by molar-refractivity contribution is 8.00. The summed E-state index contributed by atoms with van der Waals surface area (Å²) in [6.45, 7) is 6.15. The molecular weight excluding hydrogens is 675 g/mol. The average molecular weight is 733 g/mol. The number of aliphatic carboxylic acids is 1. The molecule has 11 heteroatoms. The van der Waals surface area contributed by atoms with E-state index in [0.29, 0.717) is 49.2 Å². The molecule has 0 radical (unpaired) electrons. The van der Waals surface area contributed by atoms with E-state index in [1.54, 1.807) is 0 Å². The molecule has 1 aromatic heterocycles. The molecule has 1 spiro atoms. The molecule has 1 aromatic rings. The predicted molar refractivity (Wildman–Crippen MR) is 196 cm³/mol. The number of halogens is 2. The minimum absolute atomic E-state index is 0.0209. The van der Waals surface area contributed by atoms with E-state index in [2.05, 4.69) is 17.1 Å². The fraction of sp³-hybridized carbons (Fsp3) is 0.872. The van der Waals surface area contributed by atoms with Crippen LogP contribution in [0.2, 0.25) is 0 Å². The summed E-state index contributed by atoms with van der Waals surface area (Å²) in [6.07, 6.45) is 14.3. The van der Waals surface area contributed by atoms with Gasteiger partial charge in [0.15, 0.2) is 0 Å². The van der Waals surface area contributed by atoms with Crippen LogP contribution in [0.25, 0.3) is 0 Å². The van der Waals surface area contributed by atoms with Gasteiger partial charge in [0, 0.05) is 51.5 Å². The summed E-state index contributed by atoms with van der Waals surface area (Å²) in [4.78, 5) is 34.4. The molecule has 4 aliphatic carbocycles. The highest BCUT2D eigenvalue weighted by Gasteiger charge is 2.54. The van der Waals surface area contributed by atoms with Gasteiger partial charge in [0.25, 0.3) is 5.56 Å². The molecular formula is C39H58ClFN4O4S. The third kappa shape index (κ3) is 6.84. The van der Waals surface area contributed by atoms with Crippen LogP contribution in [0.3, 0.4) is 0 Å². The van der Waals surface area contributed by atoms with Crippen LogP contribution >= 0.6 is 23.4 Å². The van der Waals surface area contributed by atoms with Gasteiger partial charge in [-0.15, -0.1) is 11.6 Å². The number of thioether (sulfide) groups is 1. The smallest absolute Gasteiger partial charge is 0.308 e. The van der Waals surface area contributed by atoms with E-state index < -0.39 is 12.1 Å². The first-order valence-corrected chi connectivity index (χ1v) is 21.5. The van der Waals surface area contributed by atoms with Crippen LogP contribution in [-0.2, 0) is 27.9 Å². The number of carboxylic acids is 1. The third-order valence-corrected chi connectivity index (χ3v) is 16.2. The fourth-order valence-electron chi connectivity index (χ4n) is 11.6. The summed E-state index contributed by atoms with van der Waals surface area (Å²) < 4.78 is 23.2. The number of ether oxygens (including phenoxy) is 1. The minimum atomic E-state index is -0.703. The van der Waals surface area contributed by atoms with Crippen molar-refractivity contribution in [1.82, 2.24) is 19.8 Å². The van der Waals surface area contributed by atoms with Gasteiger partial charge < -0.3 is 15.2 Å². The van der Waals surface area contributed by atoms with Crippen LogP contribution < -0.4 is 10.9 Å². The second kappa shape index (κ2) is 14.6. The Kier molecular flexibility index (Phi) is 10.4. The van der Waals surface area contributed by atoms with Crippen LogP contribution in [0, 0.1) is 30.6 Å². The number of hydrogen-bond donors (Lipinski definition) is 2. The number of nitrogens with one attached hydrogen (secondary N) is 1. The summed E-state index contributed by atoms with van der Waals surface area (Å²) in [5.74, 6) is 1.42. The lowest BCUT2D eigenvalue weighted by molar-refractivity contribution is -0.142. The zero-order chi connectivity index (χ0) is 34.7. The molecule has 0 bridgehead atoms. The summed E-state index contributed by atoms with van der Waals surface area (Å²) in [7, 11) is 0. The maximum atomic E-state index is 14.6. The van der Waals surface area contributed by atoms with Gasteiger partial charge in [0.2, 0.25) is 0 Å². The molecule has 50 heavy (non-hydrogen) atoms. The Morgan fingerprint density at radius 1 is 1.12 bits per heavy atom. The molecule has 7 aliphatic rings. The Balaban J connectivity index is 0.981. The van der Waals surface area contributed by atoms with Gasteiger partial charge in [-0.3, -0.25) is 19.1 Å². The number of nitrogens with zero attached hydrogens (tertiary/aromatic N) is 3. The molecule has 8 rings (SSSR count). The number of aryl methyl sites for hydroxylation is 1. The first-order valence-electron chi connectivity index (χ1n) is 20.0. The van der Waals surface area contributed by atoms with Crippen LogP contribution in [0.15, 0.2) is 4.79 Å². The minimum Gasteiger partial charge on any atom is -0.481 e. The van der Waals surface area contributed by atoms with Crippen molar-refractivity contribution in [2.75, 3.05) is 18.9 Å². The highest BCUT2D eigenvalue weighted by Crippen LogP contribution is 2.55. The Hall–Kier alpha value is -1.20. The molecule has 10 unspecified atom stereocenters. The van der Waals surface area contributed by atoms with E-state index in [9.17, 15) is 19.1 Å². The molecule has 3 saturated heterocycles. The van der Waals surface area contributed by atoms with Gasteiger partial charge in [-0.1, -0.05) is 12.8 Å². The Morgan fingerprint density at radius 3 is 2.74 bits per heavy atom.